The molecule has 0 aliphatic heterocycles. The summed E-state index contributed by atoms with van der Waals surface area (Å²) in [6, 6.07) is 3.90. The van der Waals surface area contributed by atoms with Gasteiger partial charge in [-0.1, -0.05) is 0 Å². The van der Waals surface area contributed by atoms with Crippen LogP contribution in [0.2, 0.25) is 0 Å². The lowest BCUT2D eigenvalue weighted by Gasteiger charge is -2.04. The molecule has 2 rings (SSSR count). The number of nitrogens with zero attached hydrogens (tertiary/aromatic N) is 1. The third kappa shape index (κ3) is 1.94. The van der Waals surface area contributed by atoms with Gasteiger partial charge >= 0.3 is 0 Å². The molecule has 1 unspecified atom stereocenters. The number of aromatic nitrogens is 2. The van der Waals surface area contributed by atoms with Gasteiger partial charge in [0.05, 0.1) is 17.1 Å². The van der Waals surface area contributed by atoms with Crippen LogP contribution in [-0.2, 0) is 0 Å². The van der Waals surface area contributed by atoms with Gasteiger partial charge in [0.1, 0.15) is 5.82 Å². The predicted molar refractivity (Wildman–Crippen MR) is 64.2 cm³/mol. The molecule has 0 aliphatic rings. The van der Waals surface area contributed by atoms with Crippen molar-refractivity contribution in [3.63, 3.8) is 0 Å². The lowest BCUT2D eigenvalue weighted by molar-refractivity contribution is 0.275. The Labute approximate surface area is 94.5 Å². The van der Waals surface area contributed by atoms with Gasteiger partial charge in [-0.05, 0) is 43.5 Å². The van der Waals surface area contributed by atoms with Crippen molar-refractivity contribution in [1.82, 2.24) is 9.97 Å². The van der Waals surface area contributed by atoms with Crippen LogP contribution < -0.4 is 5.73 Å². The van der Waals surface area contributed by atoms with E-state index in [4.69, 9.17) is 10.8 Å². The quantitative estimate of drug-likeness (QED) is 0.733. The number of fused-ring (bicyclic) bond motifs is 1. The van der Waals surface area contributed by atoms with Crippen LogP contribution in [0.5, 0.6) is 0 Å². The first-order chi connectivity index (χ1) is 7.61. The summed E-state index contributed by atoms with van der Waals surface area (Å²) >= 11 is 0. The van der Waals surface area contributed by atoms with Gasteiger partial charge in [0, 0.05) is 6.61 Å². The molecule has 0 aliphatic carbocycles. The molecule has 2 aromatic rings. The molecule has 0 amide bonds. The van der Waals surface area contributed by atoms with E-state index in [-0.39, 0.29) is 12.6 Å². The molecule has 0 saturated carbocycles. The fraction of sp³-hybridized carbons (Fsp3) is 0.417. The maximum Gasteiger partial charge on any atom is 0.124 e. The van der Waals surface area contributed by atoms with Gasteiger partial charge in [0.25, 0.3) is 0 Å². The summed E-state index contributed by atoms with van der Waals surface area (Å²) in [5.74, 6) is 0.744. The monoisotopic (exact) mass is 219 g/mol. The standard InChI is InChI=1S/C12H17N3O/c1-7-5-10-11(6-8(7)2)15-12(14-10)9(13)3-4-16/h5-6,9,16H,3-4,13H2,1-2H3,(H,14,15). The molecule has 0 bridgehead atoms. The number of aliphatic hydroxyl groups excluding tert-OH is 1. The van der Waals surface area contributed by atoms with Crippen LogP contribution in [0.15, 0.2) is 12.1 Å². The number of benzene rings is 1. The minimum atomic E-state index is -0.224. The van der Waals surface area contributed by atoms with Gasteiger partial charge in [-0.25, -0.2) is 4.98 Å². The highest BCUT2D eigenvalue weighted by Gasteiger charge is 2.11. The van der Waals surface area contributed by atoms with Crippen molar-refractivity contribution in [3.8, 4) is 0 Å². The summed E-state index contributed by atoms with van der Waals surface area (Å²) in [4.78, 5) is 7.64. The number of aliphatic hydroxyl groups is 1. The highest BCUT2D eigenvalue weighted by molar-refractivity contribution is 5.77. The summed E-state index contributed by atoms with van der Waals surface area (Å²) in [5, 5.41) is 8.84. The Bertz CT molecular complexity index is 465. The normalized spacial score (nSPS) is 13.2. The molecule has 1 aromatic carbocycles. The van der Waals surface area contributed by atoms with Crippen molar-refractivity contribution >= 4 is 11.0 Å². The summed E-state index contributed by atoms with van der Waals surface area (Å²) in [7, 11) is 0. The molecule has 4 heteroatoms. The van der Waals surface area contributed by atoms with Crippen molar-refractivity contribution < 1.29 is 5.11 Å². The fourth-order valence-electron chi connectivity index (χ4n) is 1.74. The highest BCUT2D eigenvalue weighted by Crippen LogP contribution is 2.20. The maximum atomic E-state index is 8.84. The average Bonchev–Trinajstić information content (AvgIpc) is 2.62. The first-order valence-electron chi connectivity index (χ1n) is 5.45. The van der Waals surface area contributed by atoms with Crippen molar-refractivity contribution in [2.75, 3.05) is 6.61 Å². The van der Waals surface area contributed by atoms with Crippen LogP contribution in [-0.4, -0.2) is 21.7 Å². The molecule has 4 nitrogen and oxygen atoms in total. The molecule has 1 aromatic heterocycles. The number of imidazole rings is 1. The fourth-order valence-corrected chi connectivity index (χ4v) is 1.74. The maximum absolute atomic E-state index is 8.84. The molecule has 0 saturated heterocycles. The number of nitrogens with two attached hydrogens (primary N) is 1. The average molecular weight is 219 g/mol. The zero-order valence-electron chi connectivity index (χ0n) is 9.62. The Kier molecular flexibility index (Phi) is 2.94. The molecule has 86 valence electrons. The number of nitrogens with one attached hydrogen (secondary N) is 1. The van der Waals surface area contributed by atoms with Crippen LogP contribution in [0.4, 0.5) is 0 Å². The van der Waals surface area contributed by atoms with Gasteiger partial charge in [-0.15, -0.1) is 0 Å². The molecule has 1 heterocycles. The van der Waals surface area contributed by atoms with Gasteiger partial charge < -0.3 is 15.8 Å². The lowest BCUT2D eigenvalue weighted by Crippen LogP contribution is -2.13. The number of hydrogen-bond donors (Lipinski definition) is 3. The van der Waals surface area contributed by atoms with E-state index >= 15 is 0 Å². The summed E-state index contributed by atoms with van der Waals surface area (Å²) < 4.78 is 0. The smallest absolute Gasteiger partial charge is 0.124 e. The first kappa shape index (κ1) is 11.1. The van der Waals surface area contributed by atoms with Gasteiger partial charge in [-0.2, -0.15) is 0 Å². The second-order valence-electron chi connectivity index (χ2n) is 4.19. The van der Waals surface area contributed by atoms with Gasteiger partial charge in [0.2, 0.25) is 0 Å². The SMILES string of the molecule is Cc1cc2nc(C(N)CCO)[nH]c2cc1C. The molecule has 16 heavy (non-hydrogen) atoms. The number of rotatable bonds is 3. The topological polar surface area (TPSA) is 74.9 Å². The van der Waals surface area contributed by atoms with Crippen LogP contribution in [0, 0.1) is 13.8 Å². The zero-order valence-corrected chi connectivity index (χ0v) is 9.62. The van der Waals surface area contributed by atoms with Crippen molar-refractivity contribution in [2.45, 2.75) is 26.3 Å². The van der Waals surface area contributed by atoms with E-state index in [0.717, 1.165) is 16.9 Å². The number of H-pyrrole nitrogens is 1. The van der Waals surface area contributed by atoms with E-state index < -0.39 is 0 Å². The number of aromatic amines is 1. The van der Waals surface area contributed by atoms with E-state index in [1.807, 2.05) is 0 Å². The Morgan fingerprint density at radius 2 is 2.06 bits per heavy atom. The van der Waals surface area contributed by atoms with Gasteiger partial charge in [0.15, 0.2) is 0 Å². The number of aryl methyl sites for hydroxylation is 2. The minimum absolute atomic E-state index is 0.0796. The van der Waals surface area contributed by atoms with Crippen molar-refractivity contribution in [2.24, 2.45) is 5.73 Å². The number of hydrogen-bond acceptors (Lipinski definition) is 3. The van der Waals surface area contributed by atoms with E-state index in [1.165, 1.54) is 11.1 Å². The summed E-state index contributed by atoms with van der Waals surface area (Å²) in [6.45, 7) is 4.22. The second kappa shape index (κ2) is 4.23. The largest absolute Gasteiger partial charge is 0.396 e. The molecule has 1 atom stereocenters. The Morgan fingerprint density at radius 3 is 2.75 bits per heavy atom. The summed E-state index contributed by atoms with van der Waals surface area (Å²) in [6.07, 6.45) is 0.526. The predicted octanol–water partition coefficient (Wildman–Crippen LogP) is 1.56. The van der Waals surface area contributed by atoms with Crippen LogP contribution >= 0.6 is 0 Å². The zero-order chi connectivity index (χ0) is 11.7. The molecule has 4 N–H and O–H groups in total. The lowest BCUT2D eigenvalue weighted by atomic mass is 10.1. The van der Waals surface area contributed by atoms with Crippen molar-refractivity contribution in [1.29, 1.82) is 0 Å². The van der Waals surface area contributed by atoms with Gasteiger partial charge in [-0.3, -0.25) is 0 Å². The highest BCUT2D eigenvalue weighted by atomic mass is 16.3. The minimum Gasteiger partial charge on any atom is -0.396 e. The molecular formula is C12H17N3O. The Morgan fingerprint density at radius 1 is 1.38 bits per heavy atom. The molecule has 0 fully saturated rings. The Balaban J connectivity index is 2.43. The first-order valence-corrected chi connectivity index (χ1v) is 5.45. The second-order valence-corrected chi connectivity index (χ2v) is 4.19. The van der Waals surface area contributed by atoms with E-state index in [2.05, 4.69) is 35.9 Å². The van der Waals surface area contributed by atoms with Crippen LogP contribution in [0.3, 0.4) is 0 Å². The molecular weight excluding hydrogens is 202 g/mol. The van der Waals surface area contributed by atoms with Crippen LogP contribution in [0.25, 0.3) is 11.0 Å². The van der Waals surface area contributed by atoms with E-state index in [0.29, 0.717) is 6.42 Å². The van der Waals surface area contributed by atoms with Crippen molar-refractivity contribution in [3.05, 3.63) is 29.1 Å². The third-order valence-corrected chi connectivity index (χ3v) is 2.91. The van der Waals surface area contributed by atoms with E-state index in [1.54, 1.807) is 0 Å². The molecule has 0 spiro atoms. The molecule has 0 radical (unpaired) electrons. The van der Waals surface area contributed by atoms with E-state index in [9.17, 15) is 0 Å². The Hall–Kier alpha value is -1.39. The summed E-state index contributed by atoms with van der Waals surface area (Å²) in [5.41, 5.74) is 10.3. The third-order valence-electron chi connectivity index (χ3n) is 2.91. The van der Waals surface area contributed by atoms with Crippen LogP contribution in [0.1, 0.15) is 29.4 Å².